The molecule has 0 aliphatic carbocycles. The average molecular weight is 490 g/mol. The van der Waals surface area contributed by atoms with Crippen molar-refractivity contribution >= 4 is 41.5 Å². The highest BCUT2D eigenvalue weighted by Gasteiger charge is 2.16. The zero-order valence-electron chi connectivity index (χ0n) is 16.1. The van der Waals surface area contributed by atoms with E-state index in [0.29, 0.717) is 0 Å². The molecule has 0 fully saturated rings. The zero-order chi connectivity index (χ0) is 18.4. The predicted molar refractivity (Wildman–Crippen MR) is 122 cm³/mol. The molecule has 26 heavy (non-hydrogen) atoms. The van der Waals surface area contributed by atoms with Crippen LogP contribution in [0.4, 0.5) is 0 Å². The Labute approximate surface area is 179 Å². The number of hydrogen-bond donors (Lipinski definition) is 1. The van der Waals surface area contributed by atoms with Crippen LogP contribution in [0.1, 0.15) is 17.3 Å². The summed E-state index contributed by atoms with van der Waals surface area (Å²) in [6.07, 6.45) is 1.92. The van der Waals surface area contributed by atoms with E-state index in [2.05, 4.69) is 58.5 Å². The quantitative estimate of drug-likeness (QED) is 0.383. The summed E-state index contributed by atoms with van der Waals surface area (Å²) in [4.78, 5) is 8.73. The van der Waals surface area contributed by atoms with Crippen molar-refractivity contribution in [1.82, 2.24) is 19.7 Å². The molecule has 0 radical (unpaired) electrons. The largest absolute Gasteiger partial charge is 0.354 e. The lowest BCUT2D eigenvalue weighted by Gasteiger charge is -2.28. The molecule has 1 N–H and O–H groups in total. The molecule has 1 unspecified atom stereocenters. The Morgan fingerprint density at radius 1 is 1.23 bits per heavy atom. The van der Waals surface area contributed by atoms with Crippen LogP contribution >= 0.6 is 35.6 Å². The third kappa shape index (κ3) is 6.17. The molecule has 0 aliphatic rings. The first kappa shape index (κ1) is 22.8. The van der Waals surface area contributed by atoms with Gasteiger partial charge >= 0.3 is 0 Å². The molecule has 0 spiro atoms. The summed E-state index contributed by atoms with van der Waals surface area (Å²) in [5, 5.41) is 4.24. The highest BCUT2D eigenvalue weighted by atomic mass is 127. The third-order valence-corrected chi connectivity index (χ3v) is 4.51. The normalized spacial score (nSPS) is 12.7. The number of aryl methyl sites for hydroxylation is 1. The Morgan fingerprint density at radius 2 is 1.88 bits per heavy atom. The fourth-order valence-corrected chi connectivity index (χ4v) is 3.16. The maximum Gasteiger partial charge on any atom is 0.193 e. The summed E-state index contributed by atoms with van der Waals surface area (Å²) in [5.41, 5.74) is 2.43. The van der Waals surface area contributed by atoms with Gasteiger partial charge in [-0.3, -0.25) is 4.99 Å². The van der Waals surface area contributed by atoms with Gasteiger partial charge in [0.1, 0.15) is 0 Å². The van der Waals surface area contributed by atoms with Crippen LogP contribution in [-0.4, -0.2) is 55.1 Å². The van der Waals surface area contributed by atoms with E-state index in [0.717, 1.165) is 29.8 Å². The molecule has 1 aromatic heterocycles. The van der Waals surface area contributed by atoms with Crippen LogP contribution in [0.15, 0.2) is 47.6 Å². The van der Waals surface area contributed by atoms with Gasteiger partial charge < -0.3 is 19.7 Å². The first-order valence-electron chi connectivity index (χ1n) is 8.36. The SMILES string of the molecule is CN=C(NCC(c1ccccc1)N(C)C)N(C)Cc1cc(Cl)cn1C.I. The van der Waals surface area contributed by atoms with Gasteiger partial charge in [-0.25, -0.2) is 0 Å². The highest BCUT2D eigenvalue weighted by Crippen LogP contribution is 2.17. The van der Waals surface area contributed by atoms with Crippen LogP contribution < -0.4 is 5.32 Å². The Balaban J connectivity index is 0.00000338. The van der Waals surface area contributed by atoms with E-state index >= 15 is 0 Å². The van der Waals surface area contributed by atoms with Crippen LogP contribution in [0.3, 0.4) is 0 Å². The maximum atomic E-state index is 6.08. The Kier molecular flexibility index (Phi) is 9.46. The first-order chi connectivity index (χ1) is 11.9. The highest BCUT2D eigenvalue weighted by molar-refractivity contribution is 14.0. The number of nitrogens with one attached hydrogen (secondary N) is 1. The molecule has 7 heteroatoms. The standard InChI is InChI=1S/C19H28ClN5.HI/c1-21-19(25(5)14-17-11-16(20)13-24(17)4)22-12-18(23(2)3)15-9-7-6-8-10-15;/h6-11,13,18H,12,14H2,1-5H3,(H,21,22);1H. The molecule has 0 saturated heterocycles. The van der Waals surface area contributed by atoms with Gasteiger partial charge in [-0.1, -0.05) is 41.9 Å². The van der Waals surface area contributed by atoms with Crippen LogP contribution in [-0.2, 0) is 13.6 Å². The Morgan fingerprint density at radius 3 is 2.38 bits per heavy atom. The van der Waals surface area contributed by atoms with Crippen molar-refractivity contribution < 1.29 is 0 Å². The van der Waals surface area contributed by atoms with E-state index < -0.39 is 0 Å². The van der Waals surface area contributed by atoms with Crippen molar-refractivity contribution in [3.63, 3.8) is 0 Å². The smallest absolute Gasteiger partial charge is 0.193 e. The lowest BCUT2D eigenvalue weighted by molar-refractivity contribution is 0.295. The van der Waals surface area contributed by atoms with Crippen molar-refractivity contribution in [3.8, 4) is 0 Å². The molecule has 0 bridgehead atoms. The number of rotatable bonds is 6. The van der Waals surface area contributed by atoms with E-state index in [1.165, 1.54) is 5.56 Å². The summed E-state index contributed by atoms with van der Waals surface area (Å²) < 4.78 is 2.04. The van der Waals surface area contributed by atoms with E-state index in [1.807, 2.05) is 44.0 Å². The molecule has 0 amide bonds. The molecule has 0 saturated carbocycles. The van der Waals surface area contributed by atoms with Crippen molar-refractivity contribution in [2.45, 2.75) is 12.6 Å². The summed E-state index contributed by atoms with van der Waals surface area (Å²) in [6.45, 7) is 1.52. The van der Waals surface area contributed by atoms with Crippen molar-refractivity contribution in [1.29, 1.82) is 0 Å². The van der Waals surface area contributed by atoms with Gasteiger partial charge in [-0.2, -0.15) is 0 Å². The average Bonchev–Trinajstić information content (AvgIpc) is 2.89. The predicted octanol–water partition coefficient (Wildman–Crippen LogP) is 3.61. The van der Waals surface area contributed by atoms with Gasteiger partial charge in [0.2, 0.25) is 0 Å². The van der Waals surface area contributed by atoms with Gasteiger partial charge in [0.15, 0.2) is 5.96 Å². The number of aliphatic imine (C=N–C) groups is 1. The third-order valence-electron chi connectivity index (χ3n) is 4.31. The van der Waals surface area contributed by atoms with Crippen molar-refractivity contribution in [2.75, 3.05) is 34.7 Å². The number of aromatic nitrogens is 1. The number of likely N-dealkylation sites (N-methyl/N-ethyl adjacent to an activating group) is 1. The van der Waals surface area contributed by atoms with Gasteiger partial charge in [0, 0.05) is 39.6 Å². The van der Waals surface area contributed by atoms with Crippen LogP contribution in [0.2, 0.25) is 5.02 Å². The molecule has 1 heterocycles. The Hall–Kier alpha value is -1.25. The number of hydrogen-bond acceptors (Lipinski definition) is 2. The first-order valence-corrected chi connectivity index (χ1v) is 8.74. The van der Waals surface area contributed by atoms with E-state index in [9.17, 15) is 0 Å². The van der Waals surface area contributed by atoms with Crippen LogP contribution in [0, 0.1) is 0 Å². The topological polar surface area (TPSA) is 35.8 Å². The van der Waals surface area contributed by atoms with Gasteiger partial charge in [0.05, 0.1) is 17.6 Å². The van der Waals surface area contributed by atoms with Crippen molar-refractivity contribution in [3.05, 3.63) is 58.9 Å². The summed E-state index contributed by atoms with van der Waals surface area (Å²) in [6, 6.07) is 12.8. The second kappa shape index (κ2) is 10.8. The molecule has 2 rings (SSSR count). The molecule has 2 aromatic rings. The van der Waals surface area contributed by atoms with Crippen LogP contribution in [0.5, 0.6) is 0 Å². The minimum atomic E-state index is 0. The number of nitrogens with zero attached hydrogens (tertiary/aromatic N) is 4. The number of guanidine groups is 1. The molecule has 0 aliphatic heterocycles. The van der Waals surface area contributed by atoms with Gasteiger partial charge in [-0.15, -0.1) is 24.0 Å². The van der Waals surface area contributed by atoms with Crippen LogP contribution in [0.25, 0.3) is 0 Å². The molecule has 1 atom stereocenters. The molecule has 144 valence electrons. The number of halogens is 2. The fourth-order valence-electron chi connectivity index (χ4n) is 2.89. The second-order valence-corrected chi connectivity index (χ2v) is 6.87. The van der Waals surface area contributed by atoms with Gasteiger partial charge in [0.25, 0.3) is 0 Å². The molecular formula is C19H29ClIN5. The summed E-state index contributed by atoms with van der Waals surface area (Å²) in [5.74, 6) is 0.861. The Bertz CT molecular complexity index is 699. The van der Waals surface area contributed by atoms with Crippen molar-refractivity contribution in [2.24, 2.45) is 12.0 Å². The van der Waals surface area contributed by atoms with Gasteiger partial charge in [-0.05, 0) is 25.7 Å². The van der Waals surface area contributed by atoms with E-state index in [1.54, 1.807) is 0 Å². The molecule has 1 aromatic carbocycles. The van der Waals surface area contributed by atoms with E-state index in [-0.39, 0.29) is 30.0 Å². The maximum absolute atomic E-state index is 6.08. The minimum Gasteiger partial charge on any atom is -0.354 e. The molecular weight excluding hydrogens is 461 g/mol. The monoisotopic (exact) mass is 489 g/mol. The second-order valence-electron chi connectivity index (χ2n) is 6.43. The lowest BCUT2D eigenvalue weighted by Crippen LogP contribution is -2.42. The zero-order valence-corrected chi connectivity index (χ0v) is 19.2. The minimum absolute atomic E-state index is 0. The fraction of sp³-hybridized carbons (Fsp3) is 0.421. The lowest BCUT2D eigenvalue weighted by atomic mass is 10.1. The summed E-state index contributed by atoms with van der Waals surface area (Å²) >= 11 is 6.08. The molecule has 5 nitrogen and oxygen atoms in total. The van der Waals surface area contributed by atoms with E-state index in [4.69, 9.17) is 11.6 Å². The number of benzene rings is 1. The summed E-state index contributed by atoms with van der Waals surface area (Å²) in [7, 11) is 10.0.